The van der Waals surface area contributed by atoms with Gasteiger partial charge < -0.3 is 10.2 Å². The predicted octanol–water partition coefficient (Wildman–Crippen LogP) is 1.26. The van der Waals surface area contributed by atoms with Gasteiger partial charge in [0.25, 0.3) is 0 Å². The van der Waals surface area contributed by atoms with Crippen molar-refractivity contribution >= 4 is 0 Å². The van der Waals surface area contributed by atoms with Crippen LogP contribution in [0.2, 0.25) is 0 Å². The van der Waals surface area contributed by atoms with Gasteiger partial charge in [-0.25, -0.2) is 0 Å². The minimum absolute atomic E-state index is 0.416. The van der Waals surface area contributed by atoms with Crippen molar-refractivity contribution in [2.45, 2.75) is 33.2 Å². The number of nitrogens with one attached hydrogen (secondary N) is 1. The lowest BCUT2D eigenvalue weighted by molar-refractivity contribution is 0.159. The molecule has 1 atom stereocenters. The van der Waals surface area contributed by atoms with E-state index >= 15 is 0 Å². The summed E-state index contributed by atoms with van der Waals surface area (Å²) in [6.07, 6.45) is 1.25. The maximum Gasteiger partial charge on any atom is 0.0235 e. The predicted molar refractivity (Wildman–Crippen MR) is 70.9 cm³/mol. The third-order valence-corrected chi connectivity index (χ3v) is 3.50. The highest BCUT2D eigenvalue weighted by Gasteiger charge is 2.31. The van der Waals surface area contributed by atoms with Gasteiger partial charge in [0.1, 0.15) is 0 Å². The molecule has 1 heterocycles. The third-order valence-electron chi connectivity index (χ3n) is 3.50. The van der Waals surface area contributed by atoms with Crippen LogP contribution >= 0.6 is 0 Å². The number of rotatable bonds is 4. The first kappa shape index (κ1) is 13.9. The molecule has 1 rings (SSSR count). The molecule has 1 saturated heterocycles. The molecule has 1 aliphatic heterocycles. The molecule has 3 heteroatoms. The molecule has 1 unspecified atom stereocenters. The van der Waals surface area contributed by atoms with Gasteiger partial charge in [-0.2, -0.15) is 0 Å². The molecule has 96 valence electrons. The van der Waals surface area contributed by atoms with Gasteiger partial charge in [-0.05, 0) is 39.0 Å². The van der Waals surface area contributed by atoms with Crippen LogP contribution < -0.4 is 5.32 Å². The van der Waals surface area contributed by atoms with Crippen molar-refractivity contribution in [3.05, 3.63) is 0 Å². The molecule has 1 N–H and O–H groups in total. The van der Waals surface area contributed by atoms with Gasteiger partial charge >= 0.3 is 0 Å². The van der Waals surface area contributed by atoms with Crippen molar-refractivity contribution in [2.24, 2.45) is 5.41 Å². The van der Waals surface area contributed by atoms with Gasteiger partial charge in [-0.1, -0.05) is 20.8 Å². The molecule has 0 bridgehead atoms. The first-order valence-corrected chi connectivity index (χ1v) is 6.55. The van der Waals surface area contributed by atoms with E-state index in [2.05, 4.69) is 42.9 Å². The Morgan fingerprint density at radius 1 is 1.31 bits per heavy atom. The van der Waals surface area contributed by atoms with E-state index in [1.165, 1.54) is 32.6 Å². The van der Waals surface area contributed by atoms with Crippen LogP contribution in [0, 0.1) is 5.41 Å². The lowest BCUT2D eigenvalue weighted by atomic mass is 9.92. The Bertz CT molecular complexity index is 203. The number of nitrogens with zero attached hydrogens (tertiary/aromatic N) is 2. The normalized spacial score (nSPS) is 27.9. The fourth-order valence-corrected chi connectivity index (χ4v) is 2.95. The first-order valence-electron chi connectivity index (χ1n) is 6.55. The average molecular weight is 227 g/mol. The van der Waals surface area contributed by atoms with E-state index in [9.17, 15) is 0 Å². The molecule has 0 amide bonds. The molecular formula is C13H29N3. The molecule has 16 heavy (non-hydrogen) atoms. The number of hydrogen-bond donors (Lipinski definition) is 1. The van der Waals surface area contributed by atoms with Crippen LogP contribution in [0.4, 0.5) is 0 Å². The molecule has 1 fully saturated rings. The molecule has 0 spiro atoms. The molecule has 0 aromatic rings. The summed E-state index contributed by atoms with van der Waals surface area (Å²) in [5, 5.41) is 3.27. The van der Waals surface area contributed by atoms with Crippen molar-refractivity contribution < 1.29 is 0 Å². The minimum Gasteiger partial charge on any atom is -0.320 e. The van der Waals surface area contributed by atoms with E-state index in [-0.39, 0.29) is 0 Å². The van der Waals surface area contributed by atoms with Crippen molar-refractivity contribution in [3.8, 4) is 0 Å². The molecule has 0 saturated carbocycles. The fourth-order valence-electron chi connectivity index (χ4n) is 2.95. The Morgan fingerprint density at radius 3 is 2.56 bits per heavy atom. The van der Waals surface area contributed by atoms with Gasteiger partial charge in [0.15, 0.2) is 0 Å². The third kappa shape index (κ3) is 4.04. The van der Waals surface area contributed by atoms with E-state index in [4.69, 9.17) is 0 Å². The van der Waals surface area contributed by atoms with Gasteiger partial charge in [-0.3, -0.25) is 4.90 Å². The summed E-state index contributed by atoms with van der Waals surface area (Å²) < 4.78 is 0. The van der Waals surface area contributed by atoms with Crippen LogP contribution in [0.25, 0.3) is 0 Å². The van der Waals surface area contributed by atoms with E-state index < -0.39 is 0 Å². The standard InChI is InChI=1S/C13H29N3/c1-6-16-11-13(2,3)10-15(5)9-12(16)7-8-14-4/h12,14H,6-11H2,1-5H3. The zero-order valence-electron chi connectivity index (χ0n) is 11.7. The van der Waals surface area contributed by atoms with Gasteiger partial charge in [-0.15, -0.1) is 0 Å². The van der Waals surface area contributed by atoms with E-state index in [1.54, 1.807) is 0 Å². The van der Waals surface area contributed by atoms with Crippen LogP contribution in [0.15, 0.2) is 0 Å². The fraction of sp³-hybridized carbons (Fsp3) is 1.00. The summed E-state index contributed by atoms with van der Waals surface area (Å²) in [6, 6.07) is 0.712. The second-order valence-electron chi connectivity index (χ2n) is 5.97. The molecule has 0 radical (unpaired) electrons. The van der Waals surface area contributed by atoms with E-state index in [0.29, 0.717) is 11.5 Å². The van der Waals surface area contributed by atoms with Crippen LogP contribution in [-0.4, -0.2) is 62.7 Å². The van der Waals surface area contributed by atoms with Crippen LogP contribution in [0.5, 0.6) is 0 Å². The highest BCUT2D eigenvalue weighted by molar-refractivity contribution is 4.86. The van der Waals surface area contributed by atoms with Gasteiger partial charge in [0.05, 0.1) is 0 Å². The largest absolute Gasteiger partial charge is 0.320 e. The molecular weight excluding hydrogens is 198 g/mol. The van der Waals surface area contributed by atoms with Crippen molar-refractivity contribution in [1.82, 2.24) is 15.1 Å². The molecule has 3 nitrogen and oxygen atoms in total. The Labute approximate surface area is 101 Å². The van der Waals surface area contributed by atoms with Gasteiger partial charge in [0.2, 0.25) is 0 Å². The van der Waals surface area contributed by atoms with Crippen molar-refractivity contribution in [2.75, 3.05) is 46.8 Å². The smallest absolute Gasteiger partial charge is 0.0235 e. The lowest BCUT2D eigenvalue weighted by Gasteiger charge is -2.32. The highest BCUT2D eigenvalue weighted by atomic mass is 15.2. The van der Waals surface area contributed by atoms with Crippen molar-refractivity contribution in [3.63, 3.8) is 0 Å². The summed E-state index contributed by atoms with van der Waals surface area (Å²) in [5.74, 6) is 0. The summed E-state index contributed by atoms with van der Waals surface area (Å²) in [7, 11) is 4.30. The summed E-state index contributed by atoms with van der Waals surface area (Å²) in [6.45, 7) is 13.0. The van der Waals surface area contributed by atoms with E-state index in [1.807, 2.05) is 7.05 Å². The number of hydrogen-bond acceptors (Lipinski definition) is 3. The average Bonchev–Trinajstić information content (AvgIpc) is 2.30. The molecule has 0 aromatic heterocycles. The summed E-state index contributed by atoms with van der Waals surface area (Å²) >= 11 is 0. The second-order valence-corrected chi connectivity index (χ2v) is 5.97. The Hall–Kier alpha value is -0.120. The molecule has 1 aliphatic rings. The maximum absolute atomic E-state index is 3.27. The zero-order chi connectivity index (χ0) is 12.2. The Morgan fingerprint density at radius 2 is 2.00 bits per heavy atom. The Balaban J connectivity index is 2.66. The molecule has 0 aliphatic carbocycles. The Kier molecular flexibility index (Phi) is 5.22. The molecule has 0 aromatic carbocycles. The lowest BCUT2D eigenvalue weighted by Crippen LogP contribution is -2.42. The SMILES string of the molecule is CCN1CC(C)(C)CN(C)CC1CCNC. The monoisotopic (exact) mass is 227 g/mol. The first-order chi connectivity index (χ1) is 7.48. The second kappa shape index (κ2) is 5.99. The maximum atomic E-state index is 3.27. The quantitative estimate of drug-likeness (QED) is 0.780. The van der Waals surface area contributed by atoms with Crippen LogP contribution in [0.1, 0.15) is 27.2 Å². The zero-order valence-corrected chi connectivity index (χ0v) is 11.7. The van der Waals surface area contributed by atoms with E-state index in [0.717, 1.165) is 6.54 Å². The van der Waals surface area contributed by atoms with Crippen LogP contribution in [-0.2, 0) is 0 Å². The van der Waals surface area contributed by atoms with Gasteiger partial charge in [0, 0.05) is 25.7 Å². The summed E-state index contributed by atoms with van der Waals surface area (Å²) in [5.41, 5.74) is 0.416. The number of likely N-dealkylation sites (N-methyl/N-ethyl adjacent to an activating group) is 2. The highest BCUT2D eigenvalue weighted by Crippen LogP contribution is 2.24. The minimum atomic E-state index is 0.416. The van der Waals surface area contributed by atoms with Crippen LogP contribution in [0.3, 0.4) is 0 Å². The summed E-state index contributed by atoms with van der Waals surface area (Å²) in [4.78, 5) is 5.15. The van der Waals surface area contributed by atoms with Crippen molar-refractivity contribution in [1.29, 1.82) is 0 Å². The topological polar surface area (TPSA) is 18.5 Å².